The summed E-state index contributed by atoms with van der Waals surface area (Å²) < 4.78 is 41.1. The van der Waals surface area contributed by atoms with E-state index in [1.807, 2.05) is 6.92 Å². The third-order valence-corrected chi connectivity index (χ3v) is 7.18. The van der Waals surface area contributed by atoms with Gasteiger partial charge in [-0.1, -0.05) is 0 Å². The second kappa shape index (κ2) is 10.2. The number of morpholine rings is 1. The molecule has 4 rings (SSSR count). The Labute approximate surface area is 198 Å². The lowest BCUT2D eigenvalue weighted by molar-refractivity contribution is 0.0376. The van der Waals surface area contributed by atoms with Crippen molar-refractivity contribution in [1.82, 2.24) is 29.4 Å². The second-order valence-corrected chi connectivity index (χ2v) is 9.88. The molecule has 1 saturated heterocycles. The van der Waals surface area contributed by atoms with E-state index in [0.717, 1.165) is 19.6 Å². The van der Waals surface area contributed by atoms with E-state index in [0.29, 0.717) is 60.8 Å². The average molecular weight is 491 g/mol. The molecule has 1 fully saturated rings. The van der Waals surface area contributed by atoms with Crippen LogP contribution in [0.4, 0.5) is 0 Å². The third kappa shape index (κ3) is 5.14. The highest BCUT2D eigenvalue weighted by Gasteiger charge is 2.20. The molecule has 0 radical (unpaired) electrons. The number of rotatable bonds is 9. The minimum atomic E-state index is -3.77. The van der Waals surface area contributed by atoms with E-state index in [2.05, 4.69) is 24.7 Å². The van der Waals surface area contributed by atoms with Gasteiger partial charge in [-0.3, -0.25) is 14.4 Å². The predicted octanol–water partition coefficient (Wildman–Crippen LogP) is 1.03. The number of hydrogen-bond donors (Lipinski definition) is 2. The zero-order chi connectivity index (χ0) is 24.3. The summed E-state index contributed by atoms with van der Waals surface area (Å²) in [5.41, 5.74) is 1.44. The molecule has 184 valence electrons. The number of sulfonamides is 1. The summed E-state index contributed by atoms with van der Waals surface area (Å²) in [6.07, 6.45) is 0.689. The highest BCUT2D eigenvalue weighted by atomic mass is 32.2. The maximum absolute atomic E-state index is 13.0. The van der Waals surface area contributed by atoms with Gasteiger partial charge in [-0.15, -0.1) is 0 Å². The topological polar surface area (TPSA) is 131 Å². The van der Waals surface area contributed by atoms with E-state index in [-0.39, 0.29) is 16.3 Å². The van der Waals surface area contributed by atoms with Crippen molar-refractivity contribution in [3.05, 3.63) is 34.2 Å². The van der Waals surface area contributed by atoms with E-state index >= 15 is 0 Å². The van der Waals surface area contributed by atoms with Gasteiger partial charge >= 0.3 is 0 Å². The minimum Gasteiger partial charge on any atom is -0.493 e. The highest BCUT2D eigenvalue weighted by Crippen LogP contribution is 2.31. The molecule has 2 N–H and O–H groups in total. The fourth-order valence-corrected chi connectivity index (χ4v) is 5.13. The Morgan fingerprint density at radius 3 is 2.76 bits per heavy atom. The summed E-state index contributed by atoms with van der Waals surface area (Å²) in [4.78, 5) is 22.4. The number of nitrogens with one attached hydrogen (secondary N) is 2. The van der Waals surface area contributed by atoms with Crippen LogP contribution in [0.2, 0.25) is 0 Å². The predicted molar refractivity (Wildman–Crippen MR) is 128 cm³/mol. The molecule has 12 heteroatoms. The van der Waals surface area contributed by atoms with E-state index < -0.39 is 10.0 Å². The van der Waals surface area contributed by atoms with Crippen LogP contribution < -0.4 is 15.0 Å². The quantitative estimate of drug-likeness (QED) is 0.425. The zero-order valence-electron chi connectivity index (χ0n) is 19.6. The molecular weight excluding hydrogens is 460 g/mol. The van der Waals surface area contributed by atoms with Gasteiger partial charge in [-0.2, -0.15) is 5.10 Å². The van der Waals surface area contributed by atoms with Crippen molar-refractivity contribution in [2.24, 2.45) is 7.05 Å². The first-order valence-electron chi connectivity index (χ1n) is 11.3. The number of hydrogen-bond acceptors (Lipinski definition) is 8. The van der Waals surface area contributed by atoms with Crippen LogP contribution in [0.15, 0.2) is 27.9 Å². The van der Waals surface area contributed by atoms with Crippen molar-refractivity contribution in [3.63, 3.8) is 0 Å². The maximum atomic E-state index is 13.0. The molecule has 11 nitrogen and oxygen atoms in total. The Bertz CT molecular complexity index is 1330. The molecule has 0 amide bonds. The number of benzene rings is 1. The summed E-state index contributed by atoms with van der Waals surface area (Å²) >= 11 is 0. The van der Waals surface area contributed by atoms with Gasteiger partial charge in [0.05, 0.1) is 36.0 Å². The molecular formula is C22H30N6O5S. The molecule has 1 aliphatic heterocycles. The van der Waals surface area contributed by atoms with Crippen molar-refractivity contribution in [1.29, 1.82) is 0 Å². The minimum absolute atomic E-state index is 0.0722. The summed E-state index contributed by atoms with van der Waals surface area (Å²) in [6.45, 7) is 8.23. The second-order valence-electron chi connectivity index (χ2n) is 8.12. The summed E-state index contributed by atoms with van der Waals surface area (Å²) in [5.74, 6) is 0.652. The van der Waals surface area contributed by atoms with Gasteiger partial charge in [-0.05, 0) is 45.0 Å². The van der Waals surface area contributed by atoms with Gasteiger partial charge in [0.15, 0.2) is 5.52 Å². The number of nitrogens with zero attached hydrogens (tertiary/aromatic N) is 4. The fourth-order valence-electron chi connectivity index (χ4n) is 4.03. The van der Waals surface area contributed by atoms with Gasteiger partial charge < -0.3 is 14.5 Å². The van der Waals surface area contributed by atoms with E-state index in [9.17, 15) is 13.2 Å². The molecule has 0 spiro atoms. The number of aromatic nitrogens is 4. The smallest absolute Gasteiger partial charge is 0.277 e. The SMILES string of the molecule is CCOc1ccc(S(=O)(=O)NCCCN2CCOCC2)cc1-c1nc2c(C)nn(C)c2c(=O)[nH]1. The molecule has 0 bridgehead atoms. The molecule has 0 aliphatic carbocycles. The Balaban J connectivity index is 1.60. The van der Waals surface area contributed by atoms with Crippen LogP contribution in [0.1, 0.15) is 19.0 Å². The van der Waals surface area contributed by atoms with Crippen molar-refractivity contribution in [2.75, 3.05) is 46.0 Å². The van der Waals surface area contributed by atoms with Crippen molar-refractivity contribution in [3.8, 4) is 17.1 Å². The average Bonchev–Trinajstić information content (AvgIpc) is 3.11. The van der Waals surface area contributed by atoms with Crippen molar-refractivity contribution in [2.45, 2.75) is 25.2 Å². The normalized spacial score (nSPS) is 15.1. The van der Waals surface area contributed by atoms with Crippen LogP contribution in [-0.4, -0.2) is 79.1 Å². The Morgan fingerprint density at radius 1 is 1.26 bits per heavy atom. The third-order valence-electron chi connectivity index (χ3n) is 5.72. The largest absolute Gasteiger partial charge is 0.493 e. The van der Waals surface area contributed by atoms with Gasteiger partial charge in [0.1, 0.15) is 17.1 Å². The molecule has 2 aromatic heterocycles. The molecule has 0 unspecified atom stereocenters. The first-order valence-corrected chi connectivity index (χ1v) is 12.8. The molecule has 3 heterocycles. The molecule has 0 atom stereocenters. The van der Waals surface area contributed by atoms with E-state index in [1.165, 1.54) is 16.8 Å². The number of aromatic amines is 1. The van der Waals surface area contributed by atoms with Gasteiger partial charge in [0.2, 0.25) is 10.0 Å². The number of aryl methyl sites for hydroxylation is 2. The molecule has 34 heavy (non-hydrogen) atoms. The Morgan fingerprint density at radius 2 is 2.03 bits per heavy atom. The van der Waals surface area contributed by atoms with Crippen LogP contribution in [-0.2, 0) is 21.8 Å². The Hall–Kier alpha value is -2.80. The standard InChI is InChI=1S/C22H30N6O5S/c1-4-33-18-7-6-16(34(30,31)23-8-5-9-28-10-12-32-13-11-28)14-17(18)21-24-19-15(2)26-27(3)20(19)22(29)25-21/h6-7,14,23H,4-5,8-13H2,1-3H3,(H,24,25,29). The van der Waals surface area contributed by atoms with E-state index in [1.54, 1.807) is 20.0 Å². The lowest BCUT2D eigenvalue weighted by Crippen LogP contribution is -2.38. The van der Waals surface area contributed by atoms with Gasteiger partial charge in [0.25, 0.3) is 5.56 Å². The van der Waals surface area contributed by atoms with Crippen LogP contribution in [0.5, 0.6) is 5.75 Å². The highest BCUT2D eigenvalue weighted by molar-refractivity contribution is 7.89. The Kier molecular flexibility index (Phi) is 7.31. The van der Waals surface area contributed by atoms with E-state index in [4.69, 9.17) is 9.47 Å². The van der Waals surface area contributed by atoms with Gasteiger partial charge in [0, 0.05) is 26.7 Å². The van der Waals surface area contributed by atoms with Crippen molar-refractivity contribution < 1.29 is 17.9 Å². The van der Waals surface area contributed by atoms with Crippen LogP contribution in [0.25, 0.3) is 22.4 Å². The van der Waals surface area contributed by atoms with Crippen LogP contribution >= 0.6 is 0 Å². The first kappa shape index (κ1) is 24.3. The summed E-state index contributed by atoms with van der Waals surface area (Å²) in [7, 11) is -2.09. The number of H-pyrrole nitrogens is 1. The van der Waals surface area contributed by atoms with Gasteiger partial charge in [-0.25, -0.2) is 18.1 Å². The monoisotopic (exact) mass is 490 g/mol. The fraction of sp³-hybridized carbons (Fsp3) is 0.500. The molecule has 3 aromatic rings. The number of fused-ring (bicyclic) bond motifs is 1. The van der Waals surface area contributed by atoms with Crippen molar-refractivity contribution >= 4 is 21.1 Å². The summed E-state index contributed by atoms with van der Waals surface area (Å²) in [6, 6.07) is 4.55. The lowest BCUT2D eigenvalue weighted by Gasteiger charge is -2.26. The number of ether oxygens (including phenoxy) is 2. The van der Waals surface area contributed by atoms with Crippen LogP contribution in [0, 0.1) is 6.92 Å². The summed E-state index contributed by atoms with van der Waals surface area (Å²) in [5, 5.41) is 4.26. The van der Waals surface area contributed by atoms with Crippen LogP contribution in [0.3, 0.4) is 0 Å². The maximum Gasteiger partial charge on any atom is 0.277 e. The zero-order valence-corrected chi connectivity index (χ0v) is 20.4. The molecule has 0 saturated carbocycles. The first-order chi connectivity index (χ1) is 16.3. The molecule has 1 aromatic carbocycles. The lowest BCUT2D eigenvalue weighted by atomic mass is 10.2. The molecule has 1 aliphatic rings.